The molecule has 0 atom stereocenters. The first-order chi connectivity index (χ1) is 13.7. The summed E-state index contributed by atoms with van der Waals surface area (Å²) >= 11 is 0. The second kappa shape index (κ2) is 13.3. The highest BCUT2D eigenvalue weighted by molar-refractivity contribution is 5.86. The van der Waals surface area contributed by atoms with Gasteiger partial charge in [-0.1, -0.05) is 13.0 Å². The monoisotopic (exact) mass is 418 g/mol. The van der Waals surface area contributed by atoms with Crippen molar-refractivity contribution in [2.75, 3.05) is 13.2 Å². The second-order valence-electron chi connectivity index (χ2n) is 7.51. The largest absolute Gasteiger partial charge is 0.466 e. The van der Waals surface area contributed by atoms with Crippen LogP contribution in [0.2, 0.25) is 0 Å². The maximum Gasteiger partial charge on any atom is 0.333 e. The summed E-state index contributed by atoms with van der Waals surface area (Å²) < 4.78 is 42.6. The third-order valence-electron chi connectivity index (χ3n) is 4.54. The summed E-state index contributed by atoms with van der Waals surface area (Å²) in [6, 6.07) is 0. The third-order valence-corrected chi connectivity index (χ3v) is 4.54. The lowest BCUT2D eigenvalue weighted by atomic mass is 9.98. The number of hydrogen-bond acceptors (Lipinski definition) is 6. The van der Waals surface area contributed by atoms with E-state index in [9.17, 15) is 23.2 Å². The molecule has 0 aromatic rings. The van der Waals surface area contributed by atoms with Gasteiger partial charge in [0.05, 0.1) is 13.2 Å². The number of alkyl halides is 2. The summed E-state index contributed by atoms with van der Waals surface area (Å²) in [6.45, 7) is 5.37. The van der Waals surface area contributed by atoms with E-state index < -0.39 is 36.7 Å². The third kappa shape index (κ3) is 12.2. The Labute approximate surface area is 170 Å². The summed E-state index contributed by atoms with van der Waals surface area (Å²) in [5, 5.41) is 0. The number of hydrogen-bond donors (Lipinski definition) is 0. The van der Waals surface area contributed by atoms with E-state index in [1.54, 1.807) is 6.92 Å². The average Bonchev–Trinajstić information content (AvgIpc) is 2.63. The molecule has 0 spiro atoms. The topological polar surface area (TPSA) is 78.9 Å². The SMILES string of the molecule is C=C(C)C(=O)OCCCCCCOC(=O)CC(F)(F)CC(=O)OC1CCCCC1. The summed E-state index contributed by atoms with van der Waals surface area (Å²) in [5.41, 5.74) is 0.343. The van der Waals surface area contributed by atoms with Gasteiger partial charge in [-0.3, -0.25) is 9.59 Å². The Morgan fingerprint density at radius 1 is 0.897 bits per heavy atom. The number of unbranched alkanes of at least 4 members (excludes halogenated alkanes) is 3. The van der Waals surface area contributed by atoms with Gasteiger partial charge in [0.2, 0.25) is 0 Å². The van der Waals surface area contributed by atoms with Crippen LogP contribution < -0.4 is 0 Å². The van der Waals surface area contributed by atoms with Gasteiger partial charge in [-0.25, -0.2) is 13.6 Å². The molecule has 1 fully saturated rings. The van der Waals surface area contributed by atoms with Crippen molar-refractivity contribution >= 4 is 17.9 Å². The van der Waals surface area contributed by atoms with E-state index in [4.69, 9.17) is 14.2 Å². The van der Waals surface area contributed by atoms with Crippen LogP contribution in [-0.4, -0.2) is 43.1 Å². The highest BCUT2D eigenvalue weighted by atomic mass is 19.3. The Balaban J connectivity index is 2.09. The van der Waals surface area contributed by atoms with Crippen molar-refractivity contribution in [3.8, 4) is 0 Å². The van der Waals surface area contributed by atoms with Gasteiger partial charge >= 0.3 is 17.9 Å². The standard InChI is InChI=1S/C21H32F2O6/c1-16(2)20(26)28-13-9-4-3-8-12-27-18(24)14-21(22,23)15-19(25)29-17-10-6-5-7-11-17/h17H,1,3-15H2,2H3. The zero-order chi connectivity index (χ0) is 21.7. The van der Waals surface area contributed by atoms with E-state index in [-0.39, 0.29) is 19.3 Å². The summed E-state index contributed by atoms with van der Waals surface area (Å²) in [4.78, 5) is 34.4. The van der Waals surface area contributed by atoms with E-state index in [0.29, 0.717) is 37.7 Å². The first-order valence-electron chi connectivity index (χ1n) is 10.3. The van der Waals surface area contributed by atoms with Gasteiger partial charge in [-0.05, 0) is 58.3 Å². The fourth-order valence-corrected chi connectivity index (χ4v) is 2.98. The molecular formula is C21H32F2O6. The lowest BCUT2D eigenvalue weighted by molar-refractivity contribution is -0.163. The Hall–Kier alpha value is -1.99. The zero-order valence-electron chi connectivity index (χ0n) is 17.2. The molecule has 1 rings (SSSR count). The zero-order valence-corrected chi connectivity index (χ0v) is 17.2. The molecule has 0 aromatic heterocycles. The highest BCUT2D eigenvalue weighted by Gasteiger charge is 2.37. The predicted octanol–water partition coefficient (Wildman–Crippen LogP) is 4.50. The highest BCUT2D eigenvalue weighted by Crippen LogP contribution is 2.26. The van der Waals surface area contributed by atoms with Crippen molar-refractivity contribution in [2.45, 2.75) is 89.6 Å². The normalized spacial score (nSPS) is 14.9. The maximum absolute atomic E-state index is 13.9. The smallest absolute Gasteiger partial charge is 0.333 e. The fourth-order valence-electron chi connectivity index (χ4n) is 2.98. The van der Waals surface area contributed by atoms with E-state index >= 15 is 0 Å². The Morgan fingerprint density at radius 2 is 1.45 bits per heavy atom. The lowest BCUT2D eigenvalue weighted by Crippen LogP contribution is -2.29. The fraction of sp³-hybridized carbons (Fsp3) is 0.762. The minimum atomic E-state index is -3.48. The predicted molar refractivity (Wildman–Crippen MR) is 102 cm³/mol. The van der Waals surface area contributed by atoms with Crippen molar-refractivity contribution in [1.82, 2.24) is 0 Å². The van der Waals surface area contributed by atoms with Crippen LogP contribution in [0.1, 0.15) is 77.6 Å². The molecule has 0 aliphatic heterocycles. The van der Waals surface area contributed by atoms with Crippen LogP contribution in [0, 0.1) is 0 Å². The molecule has 0 saturated heterocycles. The molecule has 1 aliphatic carbocycles. The number of rotatable bonds is 13. The summed E-state index contributed by atoms with van der Waals surface area (Å²) in [7, 11) is 0. The average molecular weight is 418 g/mol. The van der Waals surface area contributed by atoms with Crippen molar-refractivity contribution in [3.05, 3.63) is 12.2 Å². The Kier molecular flexibility index (Phi) is 11.5. The molecule has 0 amide bonds. The molecule has 29 heavy (non-hydrogen) atoms. The van der Waals surface area contributed by atoms with Crippen molar-refractivity contribution in [3.63, 3.8) is 0 Å². The number of carbonyl (C=O) groups excluding carboxylic acids is 3. The first kappa shape index (κ1) is 25.0. The van der Waals surface area contributed by atoms with Crippen LogP contribution in [-0.2, 0) is 28.6 Å². The Morgan fingerprint density at radius 3 is 2.03 bits per heavy atom. The number of carbonyl (C=O) groups is 3. The molecular weight excluding hydrogens is 386 g/mol. The van der Waals surface area contributed by atoms with Crippen molar-refractivity contribution < 1.29 is 37.4 Å². The van der Waals surface area contributed by atoms with Crippen LogP contribution in [0.3, 0.4) is 0 Å². The first-order valence-corrected chi connectivity index (χ1v) is 10.3. The molecule has 0 heterocycles. The van der Waals surface area contributed by atoms with Crippen molar-refractivity contribution in [2.24, 2.45) is 0 Å². The quantitative estimate of drug-likeness (QED) is 0.190. The van der Waals surface area contributed by atoms with Gasteiger partial charge in [-0.15, -0.1) is 0 Å². The molecule has 0 N–H and O–H groups in total. The summed E-state index contributed by atoms with van der Waals surface area (Å²) in [5.74, 6) is -5.91. The molecule has 166 valence electrons. The van der Waals surface area contributed by atoms with E-state index in [2.05, 4.69) is 6.58 Å². The van der Waals surface area contributed by atoms with Gasteiger partial charge < -0.3 is 14.2 Å². The number of halogens is 2. The molecule has 8 heteroatoms. The molecule has 0 unspecified atom stereocenters. The van der Waals surface area contributed by atoms with E-state index in [0.717, 1.165) is 25.7 Å². The molecule has 1 aliphatic rings. The van der Waals surface area contributed by atoms with Gasteiger partial charge in [0.25, 0.3) is 5.92 Å². The summed E-state index contributed by atoms with van der Waals surface area (Å²) in [6.07, 6.45) is 4.45. The minimum Gasteiger partial charge on any atom is -0.466 e. The van der Waals surface area contributed by atoms with Gasteiger partial charge in [0, 0.05) is 5.57 Å². The van der Waals surface area contributed by atoms with E-state index in [1.165, 1.54) is 0 Å². The van der Waals surface area contributed by atoms with Gasteiger partial charge in [-0.2, -0.15) is 0 Å². The molecule has 0 aromatic carbocycles. The molecule has 6 nitrogen and oxygen atoms in total. The van der Waals surface area contributed by atoms with Crippen LogP contribution >= 0.6 is 0 Å². The van der Waals surface area contributed by atoms with Gasteiger partial charge in [0.1, 0.15) is 18.9 Å². The number of ether oxygens (including phenoxy) is 3. The van der Waals surface area contributed by atoms with Crippen LogP contribution in [0.15, 0.2) is 12.2 Å². The molecule has 0 radical (unpaired) electrons. The van der Waals surface area contributed by atoms with Crippen LogP contribution in [0.25, 0.3) is 0 Å². The second-order valence-corrected chi connectivity index (χ2v) is 7.51. The Bertz CT molecular complexity index is 555. The van der Waals surface area contributed by atoms with Crippen LogP contribution in [0.4, 0.5) is 8.78 Å². The van der Waals surface area contributed by atoms with Crippen LogP contribution in [0.5, 0.6) is 0 Å². The van der Waals surface area contributed by atoms with Crippen molar-refractivity contribution in [1.29, 1.82) is 0 Å². The lowest BCUT2D eigenvalue weighted by Gasteiger charge is -2.23. The van der Waals surface area contributed by atoms with Gasteiger partial charge in [0.15, 0.2) is 0 Å². The maximum atomic E-state index is 13.9. The molecule has 1 saturated carbocycles. The minimum absolute atomic E-state index is 0.0347. The molecule has 0 bridgehead atoms. The van der Waals surface area contributed by atoms with E-state index in [1.807, 2.05) is 0 Å². The number of esters is 3.